The van der Waals surface area contributed by atoms with Crippen LogP contribution in [0.4, 0.5) is 17.1 Å². The van der Waals surface area contributed by atoms with Gasteiger partial charge in [0.15, 0.2) is 0 Å². The molecular weight excluding hydrogens is 679 g/mol. The Hall–Kier alpha value is -7.42. The summed E-state index contributed by atoms with van der Waals surface area (Å²) in [5, 5.41) is 2.27. The highest BCUT2D eigenvalue weighted by Crippen LogP contribution is 2.48. The van der Waals surface area contributed by atoms with Gasteiger partial charge in [-0.05, 0) is 80.9 Å². The van der Waals surface area contributed by atoms with Crippen LogP contribution in [0.15, 0.2) is 229 Å². The van der Waals surface area contributed by atoms with E-state index >= 15 is 0 Å². The van der Waals surface area contributed by atoms with Crippen molar-refractivity contribution in [3.05, 3.63) is 224 Å². The predicted molar refractivity (Wildman–Crippen MR) is 236 cm³/mol. The van der Waals surface area contributed by atoms with E-state index in [9.17, 15) is 0 Å². The van der Waals surface area contributed by atoms with E-state index < -0.39 is 0 Å². The maximum Gasteiger partial charge on any atom is 0.136 e. The first-order valence-corrected chi connectivity index (χ1v) is 19.1. The van der Waals surface area contributed by atoms with Gasteiger partial charge in [0.2, 0.25) is 0 Å². The van der Waals surface area contributed by atoms with Crippen LogP contribution in [-0.4, -0.2) is 0 Å². The quantitative estimate of drug-likeness (QED) is 0.156. The van der Waals surface area contributed by atoms with Gasteiger partial charge in [0.25, 0.3) is 0 Å². The third-order valence-corrected chi connectivity index (χ3v) is 10.7. The number of fused-ring (bicyclic) bond motifs is 3. The fourth-order valence-corrected chi connectivity index (χ4v) is 8.18. The van der Waals surface area contributed by atoms with E-state index in [4.69, 9.17) is 4.42 Å². The van der Waals surface area contributed by atoms with E-state index in [-0.39, 0.29) is 0 Å². The molecule has 0 N–H and O–H groups in total. The average molecular weight is 716 g/mol. The Morgan fingerprint density at radius 2 is 0.696 bits per heavy atom. The van der Waals surface area contributed by atoms with Crippen molar-refractivity contribution in [1.29, 1.82) is 0 Å². The highest BCUT2D eigenvalue weighted by Gasteiger charge is 2.22. The van der Waals surface area contributed by atoms with Crippen LogP contribution in [0.5, 0.6) is 0 Å². The van der Waals surface area contributed by atoms with E-state index in [1.165, 1.54) is 27.8 Å². The number of furan rings is 1. The summed E-state index contributed by atoms with van der Waals surface area (Å²) in [6.45, 7) is 0. The average Bonchev–Trinajstić information content (AvgIpc) is 3.67. The Labute approximate surface area is 327 Å². The minimum absolute atomic E-state index is 0.896. The maximum absolute atomic E-state index is 6.27. The number of anilines is 3. The number of nitrogens with zero attached hydrogens (tertiary/aromatic N) is 1. The Morgan fingerprint density at radius 3 is 1.38 bits per heavy atom. The molecule has 2 heteroatoms. The molecule has 9 aromatic carbocycles. The molecule has 0 saturated heterocycles. The fraction of sp³-hybridized carbons (Fsp3) is 0. The smallest absolute Gasteiger partial charge is 0.136 e. The molecule has 264 valence electrons. The Balaban J connectivity index is 1.17. The third-order valence-electron chi connectivity index (χ3n) is 10.7. The largest absolute Gasteiger partial charge is 0.456 e. The molecule has 0 spiro atoms. The standard InChI is InChI=1S/C54H37NO/c1-3-18-38(19-4-1)42-22-7-8-24-45(42)46-25-9-10-26-47(46)48-27-12-15-31-51(48)55(50-30-14-11-23-43(50)39-20-5-2-6-21-39)41-36-34-40(35-37-41)44-29-17-33-53-54(44)49-28-13-16-32-52(49)56-53/h1-37H. The van der Waals surface area contributed by atoms with Crippen LogP contribution < -0.4 is 4.90 Å². The van der Waals surface area contributed by atoms with Crippen LogP contribution >= 0.6 is 0 Å². The molecule has 2 nitrogen and oxygen atoms in total. The zero-order valence-corrected chi connectivity index (χ0v) is 30.7. The van der Waals surface area contributed by atoms with Crippen molar-refractivity contribution in [2.75, 3.05) is 4.90 Å². The van der Waals surface area contributed by atoms with Crippen LogP contribution in [0, 0.1) is 0 Å². The van der Waals surface area contributed by atoms with Crippen molar-refractivity contribution in [1.82, 2.24) is 0 Å². The summed E-state index contributed by atoms with van der Waals surface area (Å²) in [6.07, 6.45) is 0. The van der Waals surface area contributed by atoms with Crippen molar-refractivity contribution in [3.8, 4) is 55.6 Å². The molecule has 0 fully saturated rings. The van der Waals surface area contributed by atoms with Crippen LogP contribution in [-0.2, 0) is 0 Å². The summed E-state index contributed by atoms with van der Waals surface area (Å²) in [4.78, 5) is 2.43. The first kappa shape index (κ1) is 33.2. The molecule has 56 heavy (non-hydrogen) atoms. The minimum atomic E-state index is 0.896. The lowest BCUT2D eigenvalue weighted by Gasteiger charge is -2.30. The van der Waals surface area contributed by atoms with Gasteiger partial charge in [0.1, 0.15) is 11.2 Å². The highest BCUT2D eigenvalue weighted by atomic mass is 16.3. The van der Waals surface area contributed by atoms with Gasteiger partial charge in [-0.3, -0.25) is 0 Å². The first-order valence-electron chi connectivity index (χ1n) is 19.1. The molecule has 0 radical (unpaired) electrons. The third kappa shape index (κ3) is 5.95. The van der Waals surface area contributed by atoms with Gasteiger partial charge >= 0.3 is 0 Å². The molecule has 10 rings (SSSR count). The lowest BCUT2D eigenvalue weighted by atomic mass is 9.88. The zero-order chi connectivity index (χ0) is 37.3. The van der Waals surface area contributed by atoms with Crippen molar-refractivity contribution in [2.24, 2.45) is 0 Å². The molecule has 10 aromatic rings. The van der Waals surface area contributed by atoms with E-state index in [2.05, 4.69) is 217 Å². The summed E-state index contributed by atoms with van der Waals surface area (Å²) in [7, 11) is 0. The molecule has 0 bridgehead atoms. The monoisotopic (exact) mass is 715 g/mol. The molecule has 0 aliphatic heterocycles. The van der Waals surface area contributed by atoms with Gasteiger partial charge in [0.05, 0.1) is 11.4 Å². The van der Waals surface area contributed by atoms with Gasteiger partial charge in [-0.2, -0.15) is 0 Å². The second kappa shape index (κ2) is 14.4. The van der Waals surface area contributed by atoms with Crippen LogP contribution in [0.3, 0.4) is 0 Å². The zero-order valence-electron chi connectivity index (χ0n) is 30.7. The fourth-order valence-electron chi connectivity index (χ4n) is 8.18. The van der Waals surface area contributed by atoms with Gasteiger partial charge in [0, 0.05) is 27.6 Å². The summed E-state index contributed by atoms with van der Waals surface area (Å²) in [5.74, 6) is 0. The summed E-state index contributed by atoms with van der Waals surface area (Å²) >= 11 is 0. The van der Waals surface area contributed by atoms with Crippen molar-refractivity contribution >= 4 is 39.0 Å². The highest BCUT2D eigenvalue weighted by molar-refractivity contribution is 6.12. The molecular formula is C54H37NO. The normalized spacial score (nSPS) is 11.2. The molecule has 1 heterocycles. The number of benzene rings is 9. The number of hydrogen-bond acceptors (Lipinski definition) is 2. The number of rotatable bonds is 8. The topological polar surface area (TPSA) is 16.4 Å². The van der Waals surface area contributed by atoms with Crippen LogP contribution in [0.2, 0.25) is 0 Å². The van der Waals surface area contributed by atoms with Crippen molar-refractivity contribution < 1.29 is 4.42 Å². The first-order chi connectivity index (χ1) is 27.8. The predicted octanol–water partition coefficient (Wildman–Crippen LogP) is 15.4. The molecule has 0 atom stereocenters. The summed E-state index contributed by atoms with van der Waals surface area (Å²) in [5.41, 5.74) is 16.8. The summed E-state index contributed by atoms with van der Waals surface area (Å²) < 4.78 is 6.27. The molecule has 0 unspecified atom stereocenters. The number of para-hydroxylation sites is 3. The Morgan fingerprint density at radius 1 is 0.268 bits per heavy atom. The number of hydrogen-bond donors (Lipinski definition) is 0. The van der Waals surface area contributed by atoms with E-state index in [0.29, 0.717) is 0 Å². The minimum Gasteiger partial charge on any atom is -0.456 e. The van der Waals surface area contributed by atoms with Gasteiger partial charge in [-0.15, -0.1) is 0 Å². The summed E-state index contributed by atoms with van der Waals surface area (Å²) in [6, 6.07) is 80.1. The van der Waals surface area contributed by atoms with E-state index in [1.54, 1.807) is 0 Å². The molecule has 0 saturated carbocycles. The molecule has 0 amide bonds. The van der Waals surface area contributed by atoms with E-state index in [1.807, 2.05) is 12.1 Å². The van der Waals surface area contributed by atoms with Gasteiger partial charge in [-0.25, -0.2) is 0 Å². The molecule has 1 aromatic heterocycles. The molecule has 0 aliphatic rings. The van der Waals surface area contributed by atoms with Crippen LogP contribution in [0.1, 0.15) is 0 Å². The lowest BCUT2D eigenvalue weighted by Crippen LogP contribution is -2.12. The van der Waals surface area contributed by atoms with Crippen molar-refractivity contribution in [3.63, 3.8) is 0 Å². The molecule has 0 aliphatic carbocycles. The van der Waals surface area contributed by atoms with E-state index in [0.717, 1.165) is 66.8 Å². The Kier molecular flexibility index (Phi) is 8.55. The maximum atomic E-state index is 6.27. The lowest BCUT2D eigenvalue weighted by molar-refractivity contribution is 0.669. The second-order valence-corrected chi connectivity index (χ2v) is 14.0. The second-order valence-electron chi connectivity index (χ2n) is 14.0. The SMILES string of the molecule is c1ccc(-c2ccccc2-c2ccccc2-c2ccccc2N(c2ccc(-c3cccc4oc5ccccc5c34)cc2)c2ccccc2-c2ccccc2)cc1. The van der Waals surface area contributed by atoms with Gasteiger partial charge in [-0.1, -0.05) is 188 Å². The van der Waals surface area contributed by atoms with Crippen molar-refractivity contribution in [2.45, 2.75) is 0 Å². The van der Waals surface area contributed by atoms with Crippen LogP contribution in [0.25, 0.3) is 77.6 Å². The van der Waals surface area contributed by atoms with Gasteiger partial charge < -0.3 is 9.32 Å². The Bertz CT molecular complexity index is 2960.